The molecule has 0 unspecified atom stereocenters. The minimum absolute atomic E-state index is 0.225. The van der Waals surface area contributed by atoms with Crippen LogP contribution in [-0.2, 0) is 16.1 Å². The monoisotopic (exact) mass is 390 g/mol. The Labute approximate surface area is 163 Å². The van der Waals surface area contributed by atoms with Gasteiger partial charge in [-0.1, -0.05) is 31.0 Å². The molecule has 0 aliphatic heterocycles. The number of nitrogens with two attached hydrogens (primary N) is 1. The molecule has 7 nitrogen and oxygen atoms in total. The molecule has 0 bridgehead atoms. The van der Waals surface area contributed by atoms with Crippen molar-refractivity contribution in [3.63, 3.8) is 0 Å². The first-order chi connectivity index (χ1) is 12.9. The summed E-state index contributed by atoms with van der Waals surface area (Å²) in [5, 5.41) is 7.65. The van der Waals surface area contributed by atoms with Crippen LogP contribution in [0.3, 0.4) is 0 Å². The average Bonchev–Trinajstić information content (AvgIpc) is 2.90. The van der Waals surface area contributed by atoms with Crippen LogP contribution in [0.25, 0.3) is 6.08 Å². The molecule has 1 aromatic heterocycles. The summed E-state index contributed by atoms with van der Waals surface area (Å²) >= 11 is 6.35. The van der Waals surface area contributed by atoms with E-state index < -0.39 is 5.91 Å². The van der Waals surface area contributed by atoms with Gasteiger partial charge in [-0.15, -0.1) is 0 Å². The Hall–Kier alpha value is -2.80. The zero-order valence-electron chi connectivity index (χ0n) is 15.4. The zero-order valence-corrected chi connectivity index (χ0v) is 16.1. The van der Waals surface area contributed by atoms with E-state index in [4.69, 9.17) is 22.1 Å². The molecule has 2 amide bonds. The van der Waals surface area contributed by atoms with Crippen molar-refractivity contribution in [3.05, 3.63) is 46.8 Å². The largest absolute Gasteiger partial charge is 0.484 e. The number of nitrogens with zero attached hydrogens (tertiary/aromatic N) is 2. The fourth-order valence-electron chi connectivity index (χ4n) is 2.37. The zero-order chi connectivity index (χ0) is 19.8. The number of anilines is 1. The van der Waals surface area contributed by atoms with Crippen LogP contribution in [0, 0.1) is 6.92 Å². The molecule has 0 saturated carbocycles. The number of ether oxygens (including phenoxy) is 1. The molecule has 0 aliphatic carbocycles. The second-order valence-electron chi connectivity index (χ2n) is 5.97. The van der Waals surface area contributed by atoms with E-state index in [2.05, 4.69) is 17.3 Å². The summed E-state index contributed by atoms with van der Waals surface area (Å²) in [5.74, 6) is -0.454. The number of benzene rings is 1. The van der Waals surface area contributed by atoms with Crippen LogP contribution in [-0.4, -0.2) is 28.2 Å². The van der Waals surface area contributed by atoms with Gasteiger partial charge in [0.25, 0.3) is 5.91 Å². The number of carbonyl (C=O) groups is 2. The number of hydrogen-bond donors (Lipinski definition) is 2. The highest BCUT2D eigenvalue weighted by molar-refractivity contribution is 6.31. The molecule has 27 heavy (non-hydrogen) atoms. The number of hydrogen-bond acceptors (Lipinski definition) is 4. The van der Waals surface area contributed by atoms with E-state index in [1.54, 1.807) is 35.0 Å². The Morgan fingerprint density at radius 2 is 2.19 bits per heavy atom. The standard InChI is InChI=1S/C19H23ClN4O3/c1-3-4-10-24-19(20)16(13(2)23-24)8-9-18(26)22-14-6-5-7-15(11-14)27-12-17(21)25/h5-9,11H,3-4,10,12H2,1-2H3,(H2,21,25)(H,22,26)/b9-8+. The van der Waals surface area contributed by atoms with Gasteiger partial charge in [-0.05, 0) is 31.6 Å². The van der Waals surface area contributed by atoms with Crippen LogP contribution in [0.4, 0.5) is 5.69 Å². The Morgan fingerprint density at radius 1 is 1.41 bits per heavy atom. The van der Waals surface area contributed by atoms with Crippen molar-refractivity contribution in [3.8, 4) is 5.75 Å². The van der Waals surface area contributed by atoms with Gasteiger partial charge in [0.05, 0.1) is 5.69 Å². The van der Waals surface area contributed by atoms with Gasteiger partial charge in [0, 0.05) is 29.9 Å². The number of carbonyl (C=O) groups excluding carboxylic acids is 2. The minimum atomic E-state index is -0.570. The third-order valence-corrected chi connectivity index (χ3v) is 4.12. The maximum Gasteiger partial charge on any atom is 0.255 e. The molecular formula is C19H23ClN4O3. The van der Waals surface area contributed by atoms with Gasteiger partial charge in [-0.25, -0.2) is 0 Å². The second-order valence-corrected chi connectivity index (χ2v) is 6.33. The van der Waals surface area contributed by atoms with E-state index in [0.717, 1.165) is 30.6 Å². The molecule has 0 saturated heterocycles. The van der Waals surface area contributed by atoms with Gasteiger partial charge in [0.2, 0.25) is 5.91 Å². The highest BCUT2D eigenvalue weighted by atomic mass is 35.5. The molecule has 2 rings (SSSR count). The third kappa shape index (κ3) is 6.14. The van der Waals surface area contributed by atoms with Crippen LogP contribution in [0.2, 0.25) is 5.15 Å². The van der Waals surface area contributed by atoms with Crippen molar-refractivity contribution in [2.24, 2.45) is 5.73 Å². The lowest BCUT2D eigenvalue weighted by atomic mass is 10.2. The summed E-state index contributed by atoms with van der Waals surface area (Å²) in [7, 11) is 0. The predicted molar refractivity (Wildman–Crippen MR) is 106 cm³/mol. The highest BCUT2D eigenvalue weighted by Gasteiger charge is 2.11. The number of nitrogens with one attached hydrogen (secondary N) is 1. The van der Waals surface area contributed by atoms with Gasteiger partial charge in [0.1, 0.15) is 10.9 Å². The first kappa shape index (κ1) is 20.5. The van der Waals surface area contributed by atoms with Crippen LogP contribution in [0.15, 0.2) is 30.3 Å². The lowest BCUT2D eigenvalue weighted by Crippen LogP contribution is -2.20. The third-order valence-electron chi connectivity index (χ3n) is 3.72. The van der Waals surface area contributed by atoms with Crippen LogP contribution >= 0.6 is 11.6 Å². The molecule has 3 N–H and O–H groups in total. The van der Waals surface area contributed by atoms with Crippen LogP contribution in [0.1, 0.15) is 31.0 Å². The van der Waals surface area contributed by atoms with E-state index in [1.807, 2.05) is 6.92 Å². The first-order valence-corrected chi connectivity index (χ1v) is 9.01. The van der Waals surface area contributed by atoms with Gasteiger partial charge in [-0.3, -0.25) is 14.3 Å². The molecule has 0 radical (unpaired) electrons. The van der Waals surface area contributed by atoms with Gasteiger partial charge < -0.3 is 15.8 Å². The lowest BCUT2D eigenvalue weighted by molar-refractivity contribution is -0.120. The quantitative estimate of drug-likeness (QED) is 0.642. The Kier molecular flexibility index (Phi) is 7.43. The summed E-state index contributed by atoms with van der Waals surface area (Å²) in [5.41, 5.74) is 7.07. The smallest absolute Gasteiger partial charge is 0.255 e. The van der Waals surface area contributed by atoms with Crippen LogP contribution in [0.5, 0.6) is 5.75 Å². The number of rotatable bonds is 9. The minimum Gasteiger partial charge on any atom is -0.484 e. The highest BCUT2D eigenvalue weighted by Crippen LogP contribution is 2.22. The molecule has 1 aromatic carbocycles. The van der Waals surface area contributed by atoms with Crippen molar-refractivity contribution in [1.82, 2.24) is 9.78 Å². The molecule has 0 fully saturated rings. The molecule has 0 aliphatic rings. The predicted octanol–water partition coefficient (Wildman–Crippen LogP) is 3.16. The maximum absolute atomic E-state index is 12.2. The normalized spacial score (nSPS) is 10.9. The van der Waals surface area contributed by atoms with Gasteiger partial charge >= 0.3 is 0 Å². The summed E-state index contributed by atoms with van der Waals surface area (Å²) in [6.45, 7) is 4.47. The Morgan fingerprint density at radius 3 is 2.89 bits per heavy atom. The summed E-state index contributed by atoms with van der Waals surface area (Å²) in [6.07, 6.45) is 5.08. The van der Waals surface area contributed by atoms with E-state index in [-0.39, 0.29) is 12.5 Å². The van der Waals surface area contributed by atoms with Crippen molar-refractivity contribution in [1.29, 1.82) is 0 Å². The molecular weight excluding hydrogens is 368 g/mol. The fraction of sp³-hybridized carbons (Fsp3) is 0.316. The van der Waals surface area contributed by atoms with Crippen LogP contribution < -0.4 is 15.8 Å². The van der Waals surface area contributed by atoms with Gasteiger partial charge in [-0.2, -0.15) is 5.10 Å². The van der Waals surface area contributed by atoms with E-state index in [0.29, 0.717) is 16.6 Å². The summed E-state index contributed by atoms with van der Waals surface area (Å²) in [4.78, 5) is 23.0. The molecule has 0 spiro atoms. The van der Waals surface area contributed by atoms with Crippen molar-refractivity contribution in [2.75, 3.05) is 11.9 Å². The molecule has 0 atom stereocenters. The number of unbranched alkanes of at least 4 members (excludes halogenated alkanes) is 1. The second kappa shape index (κ2) is 9.78. The van der Waals surface area contributed by atoms with E-state index in [9.17, 15) is 9.59 Å². The summed E-state index contributed by atoms with van der Waals surface area (Å²) < 4.78 is 6.96. The Bertz CT molecular complexity index is 845. The average molecular weight is 391 g/mol. The maximum atomic E-state index is 12.2. The SMILES string of the molecule is CCCCn1nc(C)c(/C=C/C(=O)Nc2cccc(OCC(N)=O)c2)c1Cl. The number of aryl methyl sites for hydroxylation is 2. The number of aromatic nitrogens is 2. The molecule has 1 heterocycles. The lowest BCUT2D eigenvalue weighted by Gasteiger charge is -2.06. The van der Waals surface area contributed by atoms with E-state index in [1.165, 1.54) is 6.08 Å². The van der Waals surface area contributed by atoms with Gasteiger partial charge in [0.15, 0.2) is 6.61 Å². The number of halogens is 1. The van der Waals surface area contributed by atoms with Crippen molar-refractivity contribution < 1.29 is 14.3 Å². The first-order valence-electron chi connectivity index (χ1n) is 8.63. The summed E-state index contributed by atoms with van der Waals surface area (Å²) in [6, 6.07) is 6.69. The Balaban J connectivity index is 2.02. The molecule has 8 heteroatoms. The molecule has 2 aromatic rings. The van der Waals surface area contributed by atoms with Crippen molar-refractivity contribution >= 4 is 35.2 Å². The molecule has 144 valence electrons. The van der Waals surface area contributed by atoms with E-state index >= 15 is 0 Å². The number of amides is 2. The van der Waals surface area contributed by atoms with Crippen molar-refractivity contribution in [2.45, 2.75) is 33.2 Å². The number of primary amides is 1. The topological polar surface area (TPSA) is 99.2 Å². The fourth-order valence-corrected chi connectivity index (χ4v) is 2.70.